The average Bonchev–Trinajstić information content (AvgIpc) is 3.08. The molecule has 7 nitrogen and oxygen atoms in total. The molecule has 0 radical (unpaired) electrons. The number of nitrogens with zero attached hydrogens (tertiary/aromatic N) is 3. The Balaban J connectivity index is 1.69. The predicted molar refractivity (Wildman–Crippen MR) is 107 cm³/mol. The molecule has 1 fully saturated rings. The standard InChI is InChI=1S/C20H26N6O/c1-2-27-18-6-4-3-5-15(18)23-16-11-19(22)25-26-12-17(24-20(16)26)13-7-9-14(21)10-8-13/h3-6,11-14,23H,2,7-10,21H2,1H3,(H2,22,25)/t13-,14-. The Morgan fingerprint density at radius 2 is 1.96 bits per heavy atom. The second kappa shape index (κ2) is 7.44. The highest BCUT2D eigenvalue weighted by atomic mass is 16.5. The van der Waals surface area contributed by atoms with E-state index < -0.39 is 0 Å². The maximum Gasteiger partial charge on any atom is 0.177 e. The second-order valence-corrected chi connectivity index (χ2v) is 7.08. The number of nitrogen functional groups attached to an aromatic ring is 1. The number of hydrogen-bond acceptors (Lipinski definition) is 6. The number of aromatic nitrogens is 3. The molecule has 0 bridgehead atoms. The lowest BCUT2D eigenvalue weighted by Gasteiger charge is -2.24. The van der Waals surface area contributed by atoms with Crippen LogP contribution < -0.4 is 21.5 Å². The summed E-state index contributed by atoms with van der Waals surface area (Å²) in [6.45, 7) is 2.57. The third-order valence-corrected chi connectivity index (χ3v) is 5.11. The minimum absolute atomic E-state index is 0.319. The molecule has 0 atom stereocenters. The van der Waals surface area contributed by atoms with E-state index in [1.165, 1.54) is 0 Å². The first-order valence-electron chi connectivity index (χ1n) is 9.54. The highest BCUT2D eigenvalue weighted by Crippen LogP contribution is 2.34. The predicted octanol–water partition coefficient (Wildman–Crippen LogP) is 3.44. The number of imidazole rings is 1. The molecule has 1 aromatic carbocycles. The van der Waals surface area contributed by atoms with Gasteiger partial charge in [0.25, 0.3) is 0 Å². The van der Waals surface area contributed by atoms with E-state index in [-0.39, 0.29) is 0 Å². The normalized spacial score (nSPS) is 19.9. The first-order valence-corrected chi connectivity index (χ1v) is 9.54. The molecule has 2 heterocycles. The quantitative estimate of drug-likeness (QED) is 0.639. The van der Waals surface area contributed by atoms with Gasteiger partial charge in [-0.3, -0.25) is 0 Å². The summed E-state index contributed by atoms with van der Waals surface area (Å²) in [7, 11) is 0. The highest BCUT2D eigenvalue weighted by molar-refractivity contribution is 5.77. The van der Waals surface area contributed by atoms with Gasteiger partial charge >= 0.3 is 0 Å². The number of nitrogens with two attached hydrogens (primary N) is 2. The van der Waals surface area contributed by atoms with Crippen LogP contribution in [-0.2, 0) is 0 Å². The number of rotatable bonds is 5. The number of benzene rings is 1. The van der Waals surface area contributed by atoms with E-state index in [0.29, 0.717) is 24.4 Å². The zero-order valence-corrected chi connectivity index (χ0v) is 15.6. The van der Waals surface area contributed by atoms with E-state index in [1.54, 1.807) is 4.52 Å². The van der Waals surface area contributed by atoms with Gasteiger partial charge in [-0.05, 0) is 44.7 Å². The van der Waals surface area contributed by atoms with Crippen molar-refractivity contribution in [2.24, 2.45) is 5.73 Å². The molecular formula is C20H26N6O. The van der Waals surface area contributed by atoms with Crippen LogP contribution in [0.4, 0.5) is 17.2 Å². The molecule has 4 rings (SSSR count). The van der Waals surface area contributed by atoms with Gasteiger partial charge in [0.05, 0.1) is 29.9 Å². The van der Waals surface area contributed by atoms with Crippen LogP contribution in [0.25, 0.3) is 5.65 Å². The van der Waals surface area contributed by atoms with E-state index >= 15 is 0 Å². The van der Waals surface area contributed by atoms with Gasteiger partial charge in [-0.1, -0.05) is 12.1 Å². The van der Waals surface area contributed by atoms with Gasteiger partial charge in [0.1, 0.15) is 11.6 Å². The number of anilines is 3. The fourth-order valence-electron chi connectivity index (χ4n) is 3.71. The molecule has 0 saturated heterocycles. The smallest absolute Gasteiger partial charge is 0.177 e. The lowest BCUT2D eigenvalue weighted by Crippen LogP contribution is -2.25. The summed E-state index contributed by atoms with van der Waals surface area (Å²) in [4.78, 5) is 4.88. The van der Waals surface area contributed by atoms with Gasteiger partial charge in [0.15, 0.2) is 5.65 Å². The second-order valence-electron chi connectivity index (χ2n) is 7.08. The fraction of sp³-hybridized carbons (Fsp3) is 0.400. The van der Waals surface area contributed by atoms with E-state index in [9.17, 15) is 0 Å². The summed E-state index contributed by atoms with van der Waals surface area (Å²) in [6.07, 6.45) is 6.21. The summed E-state index contributed by atoms with van der Waals surface area (Å²) in [5.74, 6) is 1.66. The van der Waals surface area contributed by atoms with Crippen molar-refractivity contribution in [2.45, 2.75) is 44.6 Å². The van der Waals surface area contributed by atoms with Gasteiger partial charge in [0, 0.05) is 18.0 Å². The molecule has 27 heavy (non-hydrogen) atoms. The molecule has 1 saturated carbocycles. The number of hydrogen-bond donors (Lipinski definition) is 3. The summed E-state index contributed by atoms with van der Waals surface area (Å²) in [5, 5.41) is 7.82. The third-order valence-electron chi connectivity index (χ3n) is 5.11. The van der Waals surface area contributed by atoms with Crippen molar-refractivity contribution in [2.75, 3.05) is 17.7 Å². The Morgan fingerprint density at radius 3 is 2.74 bits per heavy atom. The molecule has 7 heteroatoms. The third kappa shape index (κ3) is 3.68. The summed E-state index contributed by atoms with van der Waals surface area (Å²) in [6, 6.07) is 9.97. The van der Waals surface area contributed by atoms with Gasteiger partial charge in [-0.2, -0.15) is 0 Å². The molecule has 5 N–H and O–H groups in total. The molecule has 2 aromatic heterocycles. The molecule has 3 aromatic rings. The lowest BCUT2D eigenvalue weighted by atomic mass is 9.85. The molecule has 0 spiro atoms. The molecule has 1 aliphatic rings. The van der Waals surface area contributed by atoms with Crippen LogP contribution >= 0.6 is 0 Å². The van der Waals surface area contributed by atoms with Crippen LogP contribution in [0.15, 0.2) is 36.5 Å². The Morgan fingerprint density at radius 1 is 1.19 bits per heavy atom. The topological polar surface area (TPSA) is 103 Å². The van der Waals surface area contributed by atoms with E-state index in [4.69, 9.17) is 21.2 Å². The van der Waals surface area contributed by atoms with Gasteiger partial charge in [0.2, 0.25) is 0 Å². The Labute approximate surface area is 158 Å². The molecule has 0 amide bonds. The zero-order valence-electron chi connectivity index (χ0n) is 15.6. The maximum atomic E-state index is 6.04. The van der Waals surface area contributed by atoms with Crippen molar-refractivity contribution >= 4 is 22.8 Å². The van der Waals surface area contributed by atoms with Gasteiger partial charge in [-0.25, -0.2) is 9.50 Å². The van der Waals surface area contributed by atoms with Crippen LogP contribution in [0, 0.1) is 0 Å². The number of ether oxygens (including phenoxy) is 1. The van der Waals surface area contributed by atoms with Crippen LogP contribution in [0.1, 0.15) is 44.2 Å². The Kier molecular flexibility index (Phi) is 4.85. The number of nitrogens with one attached hydrogen (secondary N) is 1. The molecule has 142 valence electrons. The fourth-order valence-corrected chi connectivity index (χ4v) is 3.71. The maximum absolute atomic E-state index is 6.04. The van der Waals surface area contributed by atoms with E-state index in [1.807, 2.05) is 43.5 Å². The lowest BCUT2D eigenvalue weighted by molar-refractivity contribution is 0.342. The monoisotopic (exact) mass is 366 g/mol. The molecule has 0 aliphatic heterocycles. The largest absolute Gasteiger partial charge is 0.492 e. The number of fused-ring (bicyclic) bond motifs is 1. The van der Waals surface area contributed by atoms with Gasteiger partial charge < -0.3 is 21.5 Å². The van der Waals surface area contributed by atoms with E-state index in [2.05, 4.69) is 10.4 Å². The van der Waals surface area contributed by atoms with Crippen molar-refractivity contribution in [1.82, 2.24) is 14.6 Å². The molecule has 0 unspecified atom stereocenters. The average molecular weight is 366 g/mol. The minimum atomic E-state index is 0.319. The highest BCUT2D eigenvalue weighted by Gasteiger charge is 2.23. The van der Waals surface area contributed by atoms with Crippen LogP contribution in [-0.4, -0.2) is 27.2 Å². The zero-order chi connectivity index (χ0) is 18.8. The first kappa shape index (κ1) is 17.6. The minimum Gasteiger partial charge on any atom is -0.492 e. The van der Waals surface area contributed by atoms with Crippen molar-refractivity contribution < 1.29 is 4.74 Å². The first-order chi connectivity index (χ1) is 13.1. The summed E-state index contributed by atoms with van der Waals surface area (Å²) >= 11 is 0. The molecule has 1 aliphatic carbocycles. The number of para-hydroxylation sites is 2. The summed E-state index contributed by atoms with van der Waals surface area (Å²) in [5.41, 5.74) is 15.6. The Hall–Kier alpha value is -2.80. The SMILES string of the molecule is CCOc1ccccc1Nc1cc(N)nn2cc([C@H]3CC[C@H](N)CC3)nc12. The van der Waals surface area contributed by atoms with Crippen molar-refractivity contribution in [3.63, 3.8) is 0 Å². The Bertz CT molecular complexity index is 929. The van der Waals surface area contributed by atoms with E-state index in [0.717, 1.165) is 54.1 Å². The summed E-state index contributed by atoms with van der Waals surface area (Å²) < 4.78 is 7.48. The van der Waals surface area contributed by atoms with Crippen LogP contribution in [0.3, 0.4) is 0 Å². The van der Waals surface area contributed by atoms with Crippen LogP contribution in [0.2, 0.25) is 0 Å². The van der Waals surface area contributed by atoms with Crippen LogP contribution in [0.5, 0.6) is 5.75 Å². The van der Waals surface area contributed by atoms with Crippen molar-refractivity contribution in [3.8, 4) is 5.75 Å². The van der Waals surface area contributed by atoms with Crippen molar-refractivity contribution in [3.05, 3.63) is 42.2 Å². The van der Waals surface area contributed by atoms with Gasteiger partial charge in [-0.15, -0.1) is 5.10 Å². The molecular weight excluding hydrogens is 340 g/mol. The van der Waals surface area contributed by atoms with Crippen molar-refractivity contribution in [1.29, 1.82) is 0 Å².